The van der Waals surface area contributed by atoms with Crippen molar-refractivity contribution in [3.05, 3.63) is 54.1 Å². The highest BCUT2D eigenvalue weighted by Crippen LogP contribution is 2.20. The fourth-order valence-corrected chi connectivity index (χ4v) is 3.22. The van der Waals surface area contributed by atoms with Crippen molar-refractivity contribution in [2.75, 3.05) is 0 Å². The van der Waals surface area contributed by atoms with Crippen molar-refractivity contribution < 1.29 is 13.2 Å². The molecule has 7 nitrogen and oxygen atoms in total. The van der Waals surface area contributed by atoms with Crippen molar-refractivity contribution in [3.8, 4) is 0 Å². The molecule has 0 radical (unpaired) electrons. The van der Waals surface area contributed by atoms with Crippen LogP contribution in [0.1, 0.15) is 15.9 Å². The van der Waals surface area contributed by atoms with E-state index in [2.05, 4.69) is 9.97 Å². The van der Waals surface area contributed by atoms with E-state index in [-0.39, 0.29) is 10.6 Å². The van der Waals surface area contributed by atoms with Crippen LogP contribution in [0.4, 0.5) is 0 Å². The van der Waals surface area contributed by atoms with Crippen LogP contribution >= 0.6 is 0 Å². The molecule has 0 aliphatic rings. The molecule has 3 aromatic rings. The summed E-state index contributed by atoms with van der Waals surface area (Å²) in [5.74, 6) is -0.714. The molecular formula is C15H14N4O3S. The van der Waals surface area contributed by atoms with E-state index in [1.807, 2.05) is 11.6 Å². The number of rotatable bonds is 3. The average molecular weight is 330 g/mol. The first-order valence-corrected chi connectivity index (χ1v) is 8.26. The fraction of sp³-hybridized carbons (Fsp3) is 0.133. The number of carbonyl (C=O) groups excluding carboxylic acids is 1. The molecule has 1 amide bonds. The summed E-state index contributed by atoms with van der Waals surface area (Å²) in [7, 11) is -2.37. The Balaban J connectivity index is 2.00. The summed E-state index contributed by atoms with van der Waals surface area (Å²) < 4.78 is 28.0. The predicted molar refractivity (Wildman–Crippen MR) is 84.3 cm³/mol. The van der Waals surface area contributed by atoms with Crippen molar-refractivity contribution in [2.45, 2.75) is 11.9 Å². The van der Waals surface area contributed by atoms with E-state index < -0.39 is 15.9 Å². The lowest BCUT2D eigenvalue weighted by Crippen LogP contribution is -2.31. The van der Waals surface area contributed by atoms with Crippen molar-refractivity contribution >= 4 is 26.8 Å². The molecule has 23 heavy (non-hydrogen) atoms. The Bertz CT molecular complexity index is 1010. The lowest BCUT2D eigenvalue weighted by atomic mass is 10.0. The van der Waals surface area contributed by atoms with Gasteiger partial charge in [-0.3, -0.25) is 9.78 Å². The van der Waals surface area contributed by atoms with Crippen molar-refractivity contribution in [1.29, 1.82) is 0 Å². The van der Waals surface area contributed by atoms with Gasteiger partial charge in [-0.05, 0) is 24.6 Å². The van der Waals surface area contributed by atoms with E-state index >= 15 is 0 Å². The molecule has 2 aromatic heterocycles. The Morgan fingerprint density at radius 3 is 2.70 bits per heavy atom. The molecule has 8 heteroatoms. The lowest BCUT2D eigenvalue weighted by Gasteiger charge is -2.08. The summed E-state index contributed by atoms with van der Waals surface area (Å²) in [6, 6.07) is 6.75. The summed E-state index contributed by atoms with van der Waals surface area (Å²) in [4.78, 5) is 20.4. The van der Waals surface area contributed by atoms with E-state index in [4.69, 9.17) is 0 Å². The molecule has 0 aliphatic heterocycles. The summed E-state index contributed by atoms with van der Waals surface area (Å²) in [5.41, 5.74) is 1.82. The van der Waals surface area contributed by atoms with Gasteiger partial charge in [0.1, 0.15) is 0 Å². The topological polar surface area (TPSA) is 94.0 Å². The number of amides is 1. The summed E-state index contributed by atoms with van der Waals surface area (Å²) in [6.07, 6.45) is 4.30. The summed E-state index contributed by atoms with van der Waals surface area (Å²) in [5, 5.41) is 0.393. The first-order chi connectivity index (χ1) is 10.9. The normalized spacial score (nSPS) is 11.6. The Morgan fingerprint density at radius 2 is 2.00 bits per heavy atom. The van der Waals surface area contributed by atoms with Gasteiger partial charge in [0.05, 0.1) is 11.8 Å². The van der Waals surface area contributed by atoms with Crippen molar-refractivity contribution in [3.63, 3.8) is 0 Å². The summed E-state index contributed by atoms with van der Waals surface area (Å²) >= 11 is 0. The lowest BCUT2D eigenvalue weighted by molar-refractivity contribution is 0.0983. The second kappa shape index (κ2) is 5.47. The van der Waals surface area contributed by atoms with Crippen LogP contribution in [0, 0.1) is 6.92 Å². The quantitative estimate of drug-likeness (QED) is 0.783. The number of sulfonamides is 1. The minimum Gasteiger partial charge on any atom is -0.339 e. The molecule has 1 aromatic carbocycles. The van der Waals surface area contributed by atoms with Gasteiger partial charge < -0.3 is 4.57 Å². The minimum atomic E-state index is -4.02. The fourth-order valence-electron chi connectivity index (χ4n) is 2.27. The number of nitrogens with one attached hydrogen (secondary N) is 1. The van der Waals surface area contributed by atoms with Gasteiger partial charge in [-0.25, -0.2) is 9.71 Å². The van der Waals surface area contributed by atoms with Gasteiger partial charge in [0, 0.05) is 30.4 Å². The number of hydrogen-bond donors (Lipinski definition) is 1. The molecule has 0 spiro atoms. The number of benzene rings is 1. The van der Waals surface area contributed by atoms with Gasteiger partial charge in [0.25, 0.3) is 15.9 Å². The third-order valence-electron chi connectivity index (χ3n) is 3.40. The number of carbonyl (C=O) groups is 1. The minimum absolute atomic E-state index is 0.206. The van der Waals surface area contributed by atoms with Crippen LogP contribution in [0.2, 0.25) is 0 Å². The highest BCUT2D eigenvalue weighted by Gasteiger charge is 2.22. The second-order valence-corrected chi connectivity index (χ2v) is 6.77. The van der Waals surface area contributed by atoms with Gasteiger partial charge >= 0.3 is 0 Å². The van der Waals surface area contributed by atoms with Crippen LogP contribution in [-0.4, -0.2) is 28.9 Å². The first-order valence-electron chi connectivity index (χ1n) is 6.78. The van der Waals surface area contributed by atoms with Crippen molar-refractivity contribution in [1.82, 2.24) is 19.3 Å². The number of nitrogens with zero attached hydrogens (tertiary/aromatic N) is 3. The molecule has 3 rings (SSSR count). The molecular weight excluding hydrogens is 316 g/mol. The Hall–Kier alpha value is -2.74. The van der Waals surface area contributed by atoms with Crippen molar-refractivity contribution in [2.24, 2.45) is 7.05 Å². The maximum Gasteiger partial charge on any atom is 0.283 e. The smallest absolute Gasteiger partial charge is 0.283 e. The van der Waals surface area contributed by atoms with Crippen LogP contribution in [0.3, 0.4) is 0 Å². The number of pyridine rings is 1. The number of fused-ring (bicyclic) bond motifs is 1. The molecule has 0 unspecified atom stereocenters. The van der Waals surface area contributed by atoms with Crippen LogP contribution in [0.5, 0.6) is 0 Å². The van der Waals surface area contributed by atoms with E-state index in [0.717, 1.165) is 5.56 Å². The molecule has 0 fully saturated rings. The van der Waals surface area contributed by atoms with Crippen LogP contribution in [-0.2, 0) is 17.1 Å². The molecule has 1 N–H and O–H groups in total. The highest BCUT2D eigenvalue weighted by atomic mass is 32.2. The van der Waals surface area contributed by atoms with Gasteiger partial charge in [-0.2, -0.15) is 8.42 Å². The van der Waals surface area contributed by atoms with Gasteiger partial charge in [-0.15, -0.1) is 0 Å². The average Bonchev–Trinajstić information content (AvgIpc) is 2.95. The summed E-state index contributed by atoms with van der Waals surface area (Å²) in [6.45, 7) is 1.88. The number of aromatic nitrogens is 3. The van der Waals surface area contributed by atoms with E-state index in [0.29, 0.717) is 10.9 Å². The number of aryl methyl sites for hydroxylation is 2. The molecule has 0 atom stereocenters. The van der Waals surface area contributed by atoms with Crippen LogP contribution in [0.15, 0.2) is 48.0 Å². The first kappa shape index (κ1) is 15.2. The monoisotopic (exact) mass is 330 g/mol. The maximum atomic E-state index is 12.4. The molecule has 0 bridgehead atoms. The molecule has 0 aliphatic carbocycles. The zero-order valence-electron chi connectivity index (χ0n) is 12.5. The SMILES string of the molecule is Cc1ccc(C(=O)NS(=O)(=O)c2cn(C)cn2)c2cccnc12. The van der Waals surface area contributed by atoms with E-state index in [1.54, 1.807) is 37.5 Å². The van der Waals surface area contributed by atoms with Crippen LogP contribution < -0.4 is 4.72 Å². The highest BCUT2D eigenvalue weighted by molar-refractivity contribution is 7.90. The maximum absolute atomic E-state index is 12.4. The van der Waals surface area contributed by atoms with E-state index in [1.165, 1.54) is 17.1 Å². The standard InChI is InChI=1S/C15H14N4O3S/c1-10-5-6-12(11-4-3-7-16-14(10)11)15(20)18-23(21,22)13-8-19(2)9-17-13/h3-9H,1-2H3,(H,18,20). The molecule has 0 saturated heterocycles. The third kappa shape index (κ3) is 2.80. The Kier molecular flexibility index (Phi) is 3.61. The van der Waals surface area contributed by atoms with Gasteiger partial charge in [0.15, 0.2) is 5.03 Å². The molecule has 2 heterocycles. The third-order valence-corrected chi connectivity index (χ3v) is 4.62. The van der Waals surface area contributed by atoms with Crippen LogP contribution in [0.25, 0.3) is 10.9 Å². The largest absolute Gasteiger partial charge is 0.339 e. The second-order valence-electron chi connectivity index (χ2n) is 5.14. The predicted octanol–water partition coefficient (Wildman–Crippen LogP) is 1.40. The molecule has 0 saturated carbocycles. The zero-order chi connectivity index (χ0) is 16.6. The van der Waals surface area contributed by atoms with Gasteiger partial charge in [0.2, 0.25) is 0 Å². The Morgan fingerprint density at radius 1 is 1.22 bits per heavy atom. The van der Waals surface area contributed by atoms with E-state index in [9.17, 15) is 13.2 Å². The number of imidazole rings is 1. The zero-order valence-corrected chi connectivity index (χ0v) is 13.3. The Labute approximate surface area is 133 Å². The van der Waals surface area contributed by atoms with Gasteiger partial charge in [-0.1, -0.05) is 12.1 Å². The molecule has 118 valence electrons. The number of hydrogen-bond acceptors (Lipinski definition) is 5.